The molecule has 0 spiro atoms. The third kappa shape index (κ3) is 5.66. The molecule has 0 aliphatic rings. The number of amides is 1. The van der Waals surface area contributed by atoms with E-state index in [0.717, 1.165) is 28.3 Å². The molecule has 0 saturated carbocycles. The topological polar surface area (TPSA) is 50.4 Å². The van der Waals surface area contributed by atoms with Crippen LogP contribution in [-0.4, -0.2) is 11.0 Å². The van der Waals surface area contributed by atoms with Crippen molar-refractivity contribution in [3.05, 3.63) is 90.0 Å². The summed E-state index contributed by atoms with van der Waals surface area (Å²) in [6.45, 7) is 1.98. The fourth-order valence-corrected chi connectivity index (χ4v) is 2.78. The number of hydrogen-bond acceptors (Lipinski definition) is 3. The van der Waals surface area contributed by atoms with E-state index >= 15 is 0 Å². The normalized spacial score (nSPS) is 10.1. The Labute approximate surface area is 164 Å². The van der Waals surface area contributed by atoms with Gasteiger partial charge in [0.05, 0.1) is 6.42 Å². The molecule has 3 aromatic rings. The quantitative estimate of drug-likeness (QED) is 0.626. The Morgan fingerprint density at radius 3 is 2.22 bits per heavy atom. The molecule has 136 valence electrons. The number of thiocarbonyl (C=S) groups is 1. The molecule has 0 fully saturated rings. The maximum atomic E-state index is 12.2. The van der Waals surface area contributed by atoms with E-state index in [4.69, 9.17) is 17.0 Å². The van der Waals surface area contributed by atoms with Crippen molar-refractivity contribution in [2.75, 3.05) is 5.32 Å². The number of aryl methyl sites for hydroxylation is 1. The van der Waals surface area contributed by atoms with Gasteiger partial charge in [0.15, 0.2) is 5.11 Å². The zero-order valence-electron chi connectivity index (χ0n) is 14.9. The zero-order chi connectivity index (χ0) is 19.1. The number of rotatable bonds is 5. The predicted molar refractivity (Wildman–Crippen MR) is 112 cm³/mol. The fraction of sp³-hybridized carbons (Fsp3) is 0.0909. The molecular weight excluding hydrogens is 356 g/mol. The second-order valence-corrected chi connectivity index (χ2v) is 6.45. The minimum Gasteiger partial charge on any atom is -0.457 e. The standard InChI is InChI=1S/C22H20N2O2S/c1-16-7-5-6-8-17(16)15-21(25)24-22(27)23-18-11-13-20(14-12-18)26-19-9-3-2-4-10-19/h2-14H,15H2,1H3,(H2,23,24,25,27). The van der Waals surface area contributed by atoms with Crippen molar-refractivity contribution < 1.29 is 9.53 Å². The molecule has 2 N–H and O–H groups in total. The summed E-state index contributed by atoms with van der Waals surface area (Å²) in [5, 5.41) is 5.99. The zero-order valence-corrected chi connectivity index (χ0v) is 15.8. The van der Waals surface area contributed by atoms with E-state index in [-0.39, 0.29) is 11.0 Å². The van der Waals surface area contributed by atoms with Gasteiger partial charge in [-0.15, -0.1) is 0 Å². The van der Waals surface area contributed by atoms with Crippen molar-refractivity contribution >= 4 is 28.9 Å². The van der Waals surface area contributed by atoms with Crippen LogP contribution in [0.3, 0.4) is 0 Å². The first-order valence-corrected chi connectivity index (χ1v) is 8.99. The van der Waals surface area contributed by atoms with E-state index in [1.54, 1.807) is 0 Å². The van der Waals surface area contributed by atoms with Gasteiger partial charge in [0.2, 0.25) is 5.91 Å². The van der Waals surface area contributed by atoms with Gasteiger partial charge in [-0.3, -0.25) is 4.79 Å². The second-order valence-electron chi connectivity index (χ2n) is 6.05. The molecule has 3 aromatic carbocycles. The van der Waals surface area contributed by atoms with E-state index in [1.807, 2.05) is 85.8 Å². The maximum Gasteiger partial charge on any atom is 0.230 e. The van der Waals surface area contributed by atoms with Gasteiger partial charge in [-0.1, -0.05) is 42.5 Å². The third-order valence-corrected chi connectivity index (χ3v) is 4.16. The molecular formula is C22H20N2O2S. The lowest BCUT2D eigenvalue weighted by Gasteiger charge is -2.11. The van der Waals surface area contributed by atoms with Crippen LogP contribution in [0.4, 0.5) is 5.69 Å². The molecule has 0 bridgehead atoms. The Hall–Kier alpha value is -3.18. The molecule has 3 rings (SSSR count). The number of anilines is 1. The van der Waals surface area contributed by atoms with Crippen LogP contribution in [0.2, 0.25) is 0 Å². The van der Waals surface area contributed by atoms with Crippen molar-refractivity contribution in [3.8, 4) is 11.5 Å². The number of para-hydroxylation sites is 1. The minimum absolute atomic E-state index is 0.147. The largest absolute Gasteiger partial charge is 0.457 e. The molecule has 0 aliphatic carbocycles. The number of carbonyl (C=O) groups is 1. The van der Waals surface area contributed by atoms with E-state index in [9.17, 15) is 4.79 Å². The highest BCUT2D eigenvalue weighted by Gasteiger charge is 2.08. The van der Waals surface area contributed by atoms with Crippen LogP contribution in [0.5, 0.6) is 11.5 Å². The number of benzene rings is 3. The average molecular weight is 376 g/mol. The van der Waals surface area contributed by atoms with Crippen molar-refractivity contribution in [1.82, 2.24) is 5.32 Å². The van der Waals surface area contributed by atoms with Crippen molar-refractivity contribution in [2.45, 2.75) is 13.3 Å². The lowest BCUT2D eigenvalue weighted by Crippen LogP contribution is -2.35. The number of nitrogens with one attached hydrogen (secondary N) is 2. The first-order chi connectivity index (χ1) is 13.1. The Morgan fingerprint density at radius 1 is 0.889 bits per heavy atom. The van der Waals surface area contributed by atoms with Crippen molar-refractivity contribution in [2.24, 2.45) is 0 Å². The molecule has 5 heteroatoms. The van der Waals surface area contributed by atoms with Crippen LogP contribution in [0, 0.1) is 6.92 Å². The molecule has 0 aliphatic heterocycles. The monoisotopic (exact) mass is 376 g/mol. The van der Waals surface area contributed by atoms with Gasteiger partial charge in [-0.2, -0.15) is 0 Å². The molecule has 0 unspecified atom stereocenters. The first kappa shape index (κ1) is 18.6. The SMILES string of the molecule is Cc1ccccc1CC(=O)NC(=S)Nc1ccc(Oc2ccccc2)cc1. The third-order valence-electron chi connectivity index (χ3n) is 3.96. The Kier molecular flexibility index (Phi) is 6.18. The van der Waals surface area contributed by atoms with Crippen LogP contribution in [0.15, 0.2) is 78.9 Å². The lowest BCUT2D eigenvalue weighted by molar-refractivity contribution is -0.119. The molecule has 0 aromatic heterocycles. The maximum absolute atomic E-state index is 12.2. The molecule has 0 heterocycles. The summed E-state index contributed by atoms with van der Waals surface area (Å²) in [6.07, 6.45) is 0.290. The van der Waals surface area contributed by atoms with Gasteiger partial charge >= 0.3 is 0 Å². The van der Waals surface area contributed by atoms with Gasteiger partial charge in [0, 0.05) is 5.69 Å². The van der Waals surface area contributed by atoms with Gasteiger partial charge in [0.25, 0.3) is 0 Å². The Bertz CT molecular complexity index is 925. The minimum atomic E-state index is -0.147. The fourth-order valence-electron chi connectivity index (χ4n) is 2.55. The van der Waals surface area contributed by atoms with E-state index < -0.39 is 0 Å². The smallest absolute Gasteiger partial charge is 0.230 e. The molecule has 4 nitrogen and oxygen atoms in total. The summed E-state index contributed by atoms with van der Waals surface area (Å²) in [5.41, 5.74) is 2.84. The Morgan fingerprint density at radius 2 is 1.52 bits per heavy atom. The van der Waals surface area contributed by atoms with Crippen LogP contribution < -0.4 is 15.4 Å². The van der Waals surface area contributed by atoms with Crippen LogP contribution in [0.25, 0.3) is 0 Å². The van der Waals surface area contributed by atoms with Gasteiger partial charge in [0.1, 0.15) is 11.5 Å². The number of ether oxygens (including phenoxy) is 1. The van der Waals surface area contributed by atoms with Crippen molar-refractivity contribution in [1.29, 1.82) is 0 Å². The summed E-state index contributed by atoms with van der Waals surface area (Å²) in [4.78, 5) is 12.2. The second kappa shape index (κ2) is 8.96. The van der Waals surface area contributed by atoms with Crippen LogP contribution in [-0.2, 0) is 11.2 Å². The highest BCUT2D eigenvalue weighted by molar-refractivity contribution is 7.80. The predicted octanol–water partition coefficient (Wildman–Crippen LogP) is 4.84. The van der Waals surface area contributed by atoms with Crippen LogP contribution in [0.1, 0.15) is 11.1 Å². The van der Waals surface area contributed by atoms with Crippen molar-refractivity contribution in [3.63, 3.8) is 0 Å². The first-order valence-electron chi connectivity index (χ1n) is 8.58. The summed E-state index contributed by atoms with van der Waals surface area (Å²) < 4.78 is 5.75. The molecule has 0 radical (unpaired) electrons. The summed E-state index contributed by atoms with van der Waals surface area (Å²) >= 11 is 5.22. The van der Waals surface area contributed by atoms with E-state index in [1.165, 1.54) is 0 Å². The molecule has 27 heavy (non-hydrogen) atoms. The van der Waals surface area contributed by atoms with Gasteiger partial charge < -0.3 is 15.4 Å². The molecule has 0 atom stereocenters. The molecule has 1 amide bonds. The summed E-state index contributed by atoms with van der Waals surface area (Å²) in [5.74, 6) is 1.35. The van der Waals surface area contributed by atoms with E-state index in [2.05, 4.69) is 10.6 Å². The average Bonchev–Trinajstić information content (AvgIpc) is 2.66. The van der Waals surface area contributed by atoms with E-state index in [0.29, 0.717) is 6.42 Å². The highest BCUT2D eigenvalue weighted by Crippen LogP contribution is 2.22. The Balaban J connectivity index is 1.51. The summed E-state index contributed by atoms with van der Waals surface area (Å²) in [6, 6.07) is 24.7. The van der Waals surface area contributed by atoms with Gasteiger partial charge in [-0.25, -0.2) is 0 Å². The summed E-state index contributed by atoms with van der Waals surface area (Å²) in [7, 11) is 0. The highest BCUT2D eigenvalue weighted by atomic mass is 32.1. The van der Waals surface area contributed by atoms with Crippen LogP contribution >= 0.6 is 12.2 Å². The molecule has 0 saturated heterocycles. The van der Waals surface area contributed by atoms with Gasteiger partial charge in [-0.05, 0) is 66.7 Å². The number of hydrogen-bond donors (Lipinski definition) is 2. The number of carbonyl (C=O) groups excluding carboxylic acids is 1. The lowest BCUT2D eigenvalue weighted by atomic mass is 10.1.